The third kappa shape index (κ3) is 7.28. The first-order chi connectivity index (χ1) is 8.90. The molecule has 0 aromatic heterocycles. The second-order valence-corrected chi connectivity index (χ2v) is 7.29. The molecule has 0 saturated carbocycles. The standard InChI is InChI=1S/C14H22FNO2S/c1-16-11-13(4-3-9-19(2,17)18)10-12-5-7-14(15)8-6-12/h5-8,13,16H,3-4,9-11H2,1-2H3. The number of hydrogen-bond donors (Lipinski definition) is 1. The molecule has 0 fully saturated rings. The molecule has 0 saturated heterocycles. The fraction of sp³-hybridized carbons (Fsp3) is 0.571. The fourth-order valence-electron chi connectivity index (χ4n) is 2.15. The molecule has 1 N–H and O–H groups in total. The van der Waals surface area contributed by atoms with Crippen LogP contribution >= 0.6 is 0 Å². The Labute approximate surface area is 115 Å². The van der Waals surface area contributed by atoms with E-state index in [0.717, 1.165) is 24.9 Å². The van der Waals surface area contributed by atoms with Crippen LogP contribution in [0.4, 0.5) is 4.39 Å². The molecular weight excluding hydrogens is 265 g/mol. The molecule has 0 radical (unpaired) electrons. The predicted molar refractivity (Wildman–Crippen MR) is 76.5 cm³/mol. The van der Waals surface area contributed by atoms with E-state index in [1.54, 1.807) is 12.1 Å². The maximum atomic E-state index is 12.8. The van der Waals surface area contributed by atoms with E-state index in [0.29, 0.717) is 12.3 Å². The van der Waals surface area contributed by atoms with E-state index in [1.807, 2.05) is 7.05 Å². The monoisotopic (exact) mass is 287 g/mol. The summed E-state index contributed by atoms with van der Waals surface area (Å²) in [6, 6.07) is 6.49. The molecule has 0 amide bonds. The summed E-state index contributed by atoms with van der Waals surface area (Å²) in [7, 11) is -1.00. The van der Waals surface area contributed by atoms with Crippen molar-refractivity contribution in [3.05, 3.63) is 35.6 Å². The number of nitrogens with one attached hydrogen (secondary N) is 1. The van der Waals surface area contributed by atoms with Gasteiger partial charge in [0.1, 0.15) is 15.7 Å². The van der Waals surface area contributed by atoms with Crippen molar-refractivity contribution in [2.45, 2.75) is 19.3 Å². The molecule has 19 heavy (non-hydrogen) atoms. The van der Waals surface area contributed by atoms with Crippen molar-refractivity contribution in [2.75, 3.05) is 25.6 Å². The quantitative estimate of drug-likeness (QED) is 0.796. The van der Waals surface area contributed by atoms with Gasteiger partial charge in [-0.3, -0.25) is 0 Å². The Morgan fingerprint density at radius 3 is 2.42 bits per heavy atom. The highest BCUT2D eigenvalue weighted by Crippen LogP contribution is 2.15. The smallest absolute Gasteiger partial charge is 0.147 e. The highest BCUT2D eigenvalue weighted by atomic mass is 32.2. The van der Waals surface area contributed by atoms with Gasteiger partial charge in [0.2, 0.25) is 0 Å². The van der Waals surface area contributed by atoms with Crippen molar-refractivity contribution in [1.82, 2.24) is 5.32 Å². The molecule has 0 aliphatic heterocycles. The largest absolute Gasteiger partial charge is 0.319 e. The molecule has 0 bridgehead atoms. The maximum Gasteiger partial charge on any atom is 0.147 e. The summed E-state index contributed by atoms with van der Waals surface area (Å²) in [6.07, 6.45) is 3.63. The second kappa shape index (κ2) is 7.60. The minimum atomic E-state index is -2.88. The Bertz CT molecular complexity index is 471. The van der Waals surface area contributed by atoms with Crippen LogP contribution < -0.4 is 5.32 Å². The average Bonchev–Trinajstić information content (AvgIpc) is 2.30. The first-order valence-electron chi connectivity index (χ1n) is 6.47. The van der Waals surface area contributed by atoms with Crippen LogP contribution in [0.3, 0.4) is 0 Å². The molecule has 3 nitrogen and oxygen atoms in total. The zero-order chi connectivity index (χ0) is 14.3. The third-order valence-corrected chi connectivity index (χ3v) is 4.09. The minimum Gasteiger partial charge on any atom is -0.319 e. The van der Waals surface area contributed by atoms with Crippen LogP contribution in [0.5, 0.6) is 0 Å². The van der Waals surface area contributed by atoms with Crippen LogP contribution in [0.15, 0.2) is 24.3 Å². The van der Waals surface area contributed by atoms with Gasteiger partial charge in [0.25, 0.3) is 0 Å². The summed E-state index contributed by atoms with van der Waals surface area (Å²) in [4.78, 5) is 0. The molecule has 0 aliphatic carbocycles. The predicted octanol–water partition coefficient (Wildman–Crippen LogP) is 2.03. The van der Waals surface area contributed by atoms with Gasteiger partial charge in [-0.05, 0) is 56.5 Å². The van der Waals surface area contributed by atoms with Crippen molar-refractivity contribution >= 4 is 9.84 Å². The Morgan fingerprint density at radius 1 is 1.26 bits per heavy atom. The topological polar surface area (TPSA) is 46.2 Å². The highest BCUT2D eigenvalue weighted by Gasteiger charge is 2.11. The van der Waals surface area contributed by atoms with E-state index < -0.39 is 9.84 Å². The molecule has 108 valence electrons. The number of hydrogen-bond acceptors (Lipinski definition) is 3. The summed E-state index contributed by atoms with van der Waals surface area (Å²) in [5, 5.41) is 3.12. The van der Waals surface area contributed by atoms with Crippen molar-refractivity contribution in [2.24, 2.45) is 5.92 Å². The number of rotatable bonds is 8. The molecule has 0 heterocycles. The lowest BCUT2D eigenvalue weighted by molar-refractivity contribution is 0.455. The molecule has 5 heteroatoms. The van der Waals surface area contributed by atoms with Gasteiger partial charge < -0.3 is 5.32 Å². The lowest BCUT2D eigenvalue weighted by Gasteiger charge is -2.16. The lowest BCUT2D eigenvalue weighted by Crippen LogP contribution is -2.21. The van der Waals surface area contributed by atoms with Crippen LogP contribution in [-0.4, -0.2) is 34.0 Å². The Hall–Kier alpha value is -0.940. The molecular formula is C14H22FNO2S. The highest BCUT2D eigenvalue weighted by molar-refractivity contribution is 7.90. The molecule has 1 atom stereocenters. The zero-order valence-corrected chi connectivity index (χ0v) is 12.3. The average molecular weight is 287 g/mol. The van der Waals surface area contributed by atoms with Crippen molar-refractivity contribution in [3.63, 3.8) is 0 Å². The van der Waals surface area contributed by atoms with Gasteiger partial charge in [-0.2, -0.15) is 0 Å². The molecule has 0 spiro atoms. The van der Waals surface area contributed by atoms with Crippen LogP contribution in [-0.2, 0) is 16.3 Å². The first kappa shape index (κ1) is 16.1. The van der Waals surface area contributed by atoms with Gasteiger partial charge in [-0.25, -0.2) is 12.8 Å². The van der Waals surface area contributed by atoms with E-state index in [1.165, 1.54) is 18.4 Å². The van der Waals surface area contributed by atoms with E-state index >= 15 is 0 Å². The van der Waals surface area contributed by atoms with Gasteiger partial charge >= 0.3 is 0 Å². The summed E-state index contributed by atoms with van der Waals surface area (Å²) < 4.78 is 35.0. The van der Waals surface area contributed by atoms with Crippen molar-refractivity contribution in [1.29, 1.82) is 0 Å². The molecule has 0 aliphatic rings. The van der Waals surface area contributed by atoms with Crippen molar-refractivity contribution < 1.29 is 12.8 Å². The molecule has 1 aromatic rings. The summed E-state index contributed by atoms with van der Waals surface area (Å²) in [5.74, 6) is 0.375. The Morgan fingerprint density at radius 2 is 1.89 bits per heavy atom. The van der Waals surface area contributed by atoms with E-state index in [4.69, 9.17) is 0 Å². The van der Waals surface area contributed by atoms with E-state index in [-0.39, 0.29) is 11.6 Å². The third-order valence-electron chi connectivity index (χ3n) is 3.06. The fourth-order valence-corrected chi connectivity index (χ4v) is 2.84. The van der Waals surface area contributed by atoms with Crippen LogP contribution in [0.1, 0.15) is 18.4 Å². The normalized spacial score (nSPS) is 13.4. The molecule has 1 unspecified atom stereocenters. The van der Waals surface area contributed by atoms with Crippen LogP contribution in [0.2, 0.25) is 0 Å². The SMILES string of the molecule is CNCC(CCCS(C)(=O)=O)Cc1ccc(F)cc1. The Balaban J connectivity index is 2.50. The summed E-state index contributed by atoms with van der Waals surface area (Å²) in [6.45, 7) is 0.834. The van der Waals surface area contributed by atoms with Gasteiger partial charge in [0.05, 0.1) is 0 Å². The lowest BCUT2D eigenvalue weighted by atomic mass is 9.95. The second-order valence-electron chi connectivity index (χ2n) is 5.03. The first-order valence-corrected chi connectivity index (χ1v) is 8.53. The van der Waals surface area contributed by atoms with Gasteiger partial charge in [-0.15, -0.1) is 0 Å². The zero-order valence-electron chi connectivity index (χ0n) is 11.5. The van der Waals surface area contributed by atoms with Crippen LogP contribution in [0.25, 0.3) is 0 Å². The number of benzene rings is 1. The minimum absolute atomic E-state index is 0.231. The van der Waals surface area contributed by atoms with Gasteiger partial charge in [0.15, 0.2) is 0 Å². The Kier molecular flexibility index (Phi) is 6.45. The van der Waals surface area contributed by atoms with Crippen molar-refractivity contribution in [3.8, 4) is 0 Å². The van der Waals surface area contributed by atoms with Crippen LogP contribution in [0, 0.1) is 11.7 Å². The van der Waals surface area contributed by atoms with Gasteiger partial charge in [0, 0.05) is 12.0 Å². The summed E-state index contributed by atoms with van der Waals surface area (Å²) in [5.41, 5.74) is 1.08. The number of halogens is 1. The number of sulfone groups is 1. The maximum absolute atomic E-state index is 12.8. The molecule has 1 aromatic carbocycles. The van der Waals surface area contributed by atoms with Gasteiger partial charge in [-0.1, -0.05) is 12.1 Å². The van der Waals surface area contributed by atoms with E-state index in [2.05, 4.69) is 5.32 Å². The summed E-state index contributed by atoms with van der Waals surface area (Å²) >= 11 is 0. The molecule has 1 rings (SSSR count). The van der Waals surface area contributed by atoms with E-state index in [9.17, 15) is 12.8 Å².